The lowest BCUT2D eigenvalue weighted by Crippen LogP contribution is -2.21. The first-order chi connectivity index (χ1) is 13.0. The number of nitrogens with zero attached hydrogens (tertiary/aromatic N) is 3. The Bertz CT molecular complexity index is 826. The zero-order valence-corrected chi connectivity index (χ0v) is 16.7. The highest BCUT2D eigenvalue weighted by molar-refractivity contribution is 8.01. The molecule has 0 saturated heterocycles. The lowest BCUT2D eigenvalue weighted by atomic mass is 9.96. The van der Waals surface area contributed by atoms with E-state index in [2.05, 4.69) is 20.8 Å². The summed E-state index contributed by atoms with van der Waals surface area (Å²) < 4.78 is 0.689. The highest BCUT2D eigenvalue weighted by atomic mass is 35.5. The zero-order chi connectivity index (χ0) is 19.2. The van der Waals surface area contributed by atoms with Crippen LogP contribution in [0.25, 0.3) is 0 Å². The number of non-ortho nitro benzene ring substituents is 1. The average Bonchev–Trinajstić information content (AvgIpc) is 3.10. The number of benzene rings is 1. The van der Waals surface area contributed by atoms with Crippen molar-refractivity contribution < 1.29 is 9.72 Å². The first-order valence-corrected chi connectivity index (χ1v) is 10.7. The van der Waals surface area contributed by atoms with Crippen molar-refractivity contribution in [3.05, 3.63) is 33.3 Å². The fourth-order valence-corrected chi connectivity index (χ4v) is 4.58. The second kappa shape index (κ2) is 9.34. The van der Waals surface area contributed by atoms with Gasteiger partial charge in [0.05, 0.1) is 21.4 Å². The van der Waals surface area contributed by atoms with Gasteiger partial charge in [-0.15, -0.1) is 10.2 Å². The van der Waals surface area contributed by atoms with Gasteiger partial charge in [-0.3, -0.25) is 14.9 Å². The van der Waals surface area contributed by atoms with Crippen LogP contribution in [0.2, 0.25) is 5.02 Å². The van der Waals surface area contributed by atoms with Gasteiger partial charge in [0, 0.05) is 18.2 Å². The molecule has 2 aromatic rings. The molecule has 2 N–H and O–H groups in total. The molecule has 8 nitrogen and oxygen atoms in total. The fourth-order valence-electron chi connectivity index (χ4n) is 2.78. The van der Waals surface area contributed by atoms with Crippen molar-refractivity contribution >= 4 is 57.1 Å². The Morgan fingerprint density at radius 3 is 2.85 bits per heavy atom. The Kier molecular flexibility index (Phi) is 6.86. The highest BCUT2D eigenvalue weighted by Gasteiger charge is 2.16. The third-order valence-corrected chi connectivity index (χ3v) is 6.42. The van der Waals surface area contributed by atoms with Gasteiger partial charge >= 0.3 is 0 Å². The molecule has 1 saturated carbocycles. The van der Waals surface area contributed by atoms with Crippen LogP contribution in [0, 0.1) is 10.1 Å². The van der Waals surface area contributed by atoms with Gasteiger partial charge in [0.2, 0.25) is 11.0 Å². The molecule has 0 spiro atoms. The number of hydrogen-bond donors (Lipinski definition) is 2. The molecule has 0 radical (unpaired) electrons. The molecule has 0 bridgehead atoms. The first kappa shape index (κ1) is 19.8. The number of halogens is 1. The molecule has 0 unspecified atom stereocenters. The lowest BCUT2D eigenvalue weighted by Gasteiger charge is -2.21. The lowest BCUT2D eigenvalue weighted by molar-refractivity contribution is -0.384. The number of aromatic nitrogens is 2. The standard InChI is InChI=1S/C16H18ClN5O3S2/c17-12-7-6-11(22(24)25)8-13(12)19-14(23)9-26-16-21-20-15(27-16)18-10-4-2-1-3-5-10/h6-8,10H,1-5,9H2,(H,18,20)(H,19,23). The summed E-state index contributed by atoms with van der Waals surface area (Å²) in [5.41, 5.74) is 0.0818. The van der Waals surface area contributed by atoms with E-state index in [1.165, 1.54) is 60.6 Å². The van der Waals surface area contributed by atoms with Crippen LogP contribution in [0.5, 0.6) is 0 Å². The van der Waals surface area contributed by atoms with Crippen LogP contribution in [0.3, 0.4) is 0 Å². The number of hydrogen-bond acceptors (Lipinski definition) is 8. The van der Waals surface area contributed by atoms with Crippen molar-refractivity contribution in [3.8, 4) is 0 Å². The Morgan fingerprint density at radius 1 is 1.33 bits per heavy atom. The molecule has 1 aliphatic carbocycles. The van der Waals surface area contributed by atoms with Gasteiger partial charge < -0.3 is 10.6 Å². The van der Waals surface area contributed by atoms with Crippen molar-refractivity contribution in [2.45, 2.75) is 42.5 Å². The summed E-state index contributed by atoms with van der Waals surface area (Å²) >= 11 is 8.67. The number of carbonyl (C=O) groups is 1. The van der Waals surface area contributed by atoms with Crippen molar-refractivity contribution in [1.29, 1.82) is 0 Å². The Balaban J connectivity index is 1.51. The molecule has 144 valence electrons. The molecule has 3 rings (SSSR count). The predicted octanol–water partition coefficient (Wildman–Crippen LogP) is 4.58. The maximum absolute atomic E-state index is 12.1. The quantitative estimate of drug-likeness (QED) is 0.378. The van der Waals surface area contributed by atoms with Gasteiger partial charge in [-0.2, -0.15) is 0 Å². The molecule has 1 aliphatic rings. The summed E-state index contributed by atoms with van der Waals surface area (Å²) in [4.78, 5) is 22.4. The molecule has 0 aliphatic heterocycles. The first-order valence-electron chi connectivity index (χ1n) is 8.48. The van der Waals surface area contributed by atoms with Crippen molar-refractivity contribution in [1.82, 2.24) is 10.2 Å². The third kappa shape index (κ3) is 5.78. The maximum Gasteiger partial charge on any atom is 0.271 e. The Hall–Kier alpha value is -1.91. The molecule has 11 heteroatoms. The molecular weight excluding hydrogens is 410 g/mol. The normalized spacial score (nSPS) is 14.7. The summed E-state index contributed by atoms with van der Waals surface area (Å²) in [6.07, 6.45) is 6.05. The molecule has 1 fully saturated rings. The maximum atomic E-state index is 12.1. The van der Waals surface area contributed by atoms with Crippen molar-refractivity contribution in [3.63, 3.8) is 0 Å². The minimum absolute atomic E-state index is 0.108. The summed E-state index contributed by atoms with van der Waals surface area (Å²) in [5.74, 6) is -0.212. The average molecular weight is 428 g/mol. The number of amides is 1. The predicted molar refractivity (Wildman–Crippen MR) is 108 cm³/mol. The topological polar surface area (TPSA) is 110 Å². The molecule has 1 aromatic carbocycles. The fraction of sp³-hybridized carbons (Fsp3) is 0.438. The minimum atomic E-state index is -0.539. The van der Waals surface area contributed by atoms with E-state index in [1.54, 1.807) is 0 Å². The van der Waals surface area contributed by atoms with E-state index < -0.39 is 4.92 Å². The third-order valence-electron chi connectivity index (χ3n) is 4.10. The SMILES string of the molecule is O=C(CSc1nnc(NC2CCCCC2)s1)Nc1cc([N+](=O)[O-])ccc1Cl. The molecule has 1 heterocycles. The van der Waals surface area contributed by atoms with Crippen molar-refractivity contribution in [2.24, 2.45) is 0 Å². The second-order valence-electron chi connectivity index (χ2n) is 6.11. The molecule has 27 heavy (non-hydrogen) atoms. The summed E-state index contributed by atoms with van der Waals surface area (Å²) in [6, 6.07) is 4.36. The number of nitro benzene ring substituents is 1. The zero-order valence-electron chi connectivity index (χ0n) is 14.3. The molecule has 1 amide bonds. The van der Waals surface area contributed by atoms with Gasteiger partial charge in [-0.1, -0.05) is 54.0 Å². The molecule has 1 aromatic heterocycles. The van der Waals surface area contributed by atoms with Gasteiger partial charge in [0.25, 0.3) is 5.69 Å². The van der Waals surface area contributed by atoms with Crippen LogP contribution >= 0.6 is 34.7 Å². The van der Waals surface area contributed by atoms with Crippen LogP contribution in [0.4, 0.5) is 16.5 Å². The monoisotopic (exact) mass is 427 g/mol. The number of nitrogens with one attached hydrogen (secondary N) is 2. The Labute approximate surface area is 169 Å². The van der Waals surface area contributed by atoms with Crippen LogP contribution in [-0.2, 0) is 4.79 Å². The van der Waals surface area contributed by atoms with Gasteiger partial charge in [0.1, 0.15) is 0 Å². The van der Waals surface area contributed by atoms with Crippen molar-refractivity contribution in [2.75, 3.05) is 16.4 Å². The smallest absolute Gasteiger partial charge is 0.271 e. The van der Waals surface area contributed by atoms with Gasteiger partial charge in [-0.05, 0) is 18.9 Å². The largest absolute Gasteiger partial charge is 0.357 e. The molecular formula is C16H18ClN5O3S2. The van der Waals surface area contributed by atoms with Crippen LogP contribution < -0.4 is 10.6 Å². The number of anilines is 2. The van der Waals surface area contributed by atoms with E-state index in [0.29, 0.717) is 10.4 Å². The number of carbonyl (C=O) groups excluding carboxylic acids is 1. The molecule has 0 atom stereocenters. The second-order valence-corrected chi connectivity index (χ2v) is 8.72. The van der Waals surface area contributed by atoms with Crippen LogP contribution in [-0.4, -0.2) is 32.8 Å². The van der Waals surface area contributed by atoms with E-state index in [1.807, 2.05) is 0 Å². The van der Waals surface area contributed by atoms with Gasteiger partial charge in [0.15, 0.2) is 4.34 Å². The number of nitro groups is 1. The number of rotatable bonds is 7. The summed E-state index contributed by atoms with van der Waals surface area (Å²) in [7, 11) is 0. The van der Waals surface area contributed by atoms with E-state index in [9.17, 15) is 14.9 Å². The van der Waals surface area contributed by atoms with E-state index in [0.717, 1.165) is 18.0 Å². The van der Waals surface area contributed by atoms with Gasteiger partial charge in [-0.25, -0.2) is 0 Å². The Morgan fingerprint density at radius 2 is 2.11 bits per heavy atom. The van der Waals surface area contributed by atoms with E-state index >= 15 is 0 Å². The highest BCUT2D eigenvalue weighted by Crippen LogP contribution is 2.30. The van der Waals surface area contributed by atoms with Crippen LogP contribution in [0.15, 0.2) is 22.5 Å². The van der Waals surface area contributed by atoms with E-state index in [4.69, 9.17) is 11.6 Å². The number of thioether (sulfide) groups is 1. The van der Waals surface area contributed by atoms with E-state index in [-0.39, 0.29) is 28.1 Å². The summed E-state index contributed by atoms with van der Waals surface area (Å²) in [5, 5.41) is 26.1. The minimum Gasteiger partial charge on any atom is -0.357 e. The van der Waals surface area contributed by atoms with Crippen LogP contribution in [0.1, 0.15) is 32.1 Å². The summed E-state index contributed by atoms with van der Waals surface area (Å²) in [6.45, 7) is 0.